The normalized spacial score (nSPS) is 25.6. The molecule has 0 amide bonds. The fourth-order valence-electron chi connectivity index (χ4n) is 4.19. The first kappa shape index (κ1) is 21.4. The van der Waals surface area contributed by atoms with Gasteiger partial charge in [-0.2, -0.15) is 4.98 Å². The first-order valence-corrected chi connectivity index (χ1v) is 11.6. The molecule has 2 aliphatic carbocycles. The molecular formula is C22H25F2N5O2S. The van der Waals surface area contributed by atoms with Crippen molar-refractivity contribution in [1.29, 1.82) is 0 Å². The summed E-state index contributed by atoms with van der Waals surface area (Å²) in [6.45, 7) is 2.58. The lowest BCUT2D eigenvalue weighted by molar-refractivity contribution is -0.0763. The summed E-state index contributed by atoms with van der Waals surface area (Å²) in [5.74, 6) is -0.0322. The fourth-order valence-corrected chi connectivity index (χ4v) is 5.25. The van der Waals surface area contributed by atoms with Crippen molar-refractivity contribution in [1.82, 2.24) is 15.0 Å². The van der Waals surface area contributed by atoms with Gasteiger partial charge in [0.1, 0.15) is 16.9 Å². The zero-order valence-electron chi connectivity index (χ0n) is 17.6. The van der Waals surface area contributed by atoms with Crippen molar-refractivity contribution in [3.63, 3.8) is 0 Å². The number of nitrogens with zero attached hydrogens (tertiary/aromatic N) is 3. The molecule has 0 saturated heterocycles. The smallest absolute Gasteiger partial charge is 0.244 e. The standard InChI is InChI=1S/C22H25F2N5O2S/c1-11-16(20-27-14-4-2-3-5-15(14)32-20)19(28-21(26-11)25-10-12-6-7-12)29-22(31)9-8-13(17(22)30)18(23)24/h2-5,12-13,17-18,30-31H,6-10H2,1H3,(H2,25,26,28,29). The molecule has 32 heavy (non-hydrogen) atoms. The molecule has 2 aromatic heterocycles. The highest BCUT2D eigenvalue weighted by Crippen LogP contribution is 2.42. The van der Waals surface area contributed by atoms with Crippen molar-refractivity contribution in [3.8, 4) is 10.6 Å². The minimum atomic E-state index is -2.72. The van der Waals surface area contributed by atoms with E-state index in [1.807, 2.05) is 31.2 Å². The van der Waals surface area contributed by atoms with Crippen molar-refractivity contribution < 1.29 is 19.0 Å². The number of hydrogen-bond acceptors (Lipinski definition) is 8. The Morgan fingerprint density at radius 1 is 1.19 bits per heavy atom. The second-order valence-electron chi connectivity index (χ2n) is 8.70. The molecule has 1 aromatic carbocycles. The van der Waals surface area contributed by atoms with Crippen molar-refractivity contribution in [2.24, 2.45) is 11.8 Å². The number of aryl methyl sites for hydroxylation is 1. The molecule has 2 aliphatic rings. The van der Waals surface area contributed by atoms with Gasteiger partial charge in [0.25, 0.3) is 0 Å². The maximum absolute atomic E-state index is 13.3. The summed E-state index contributed by atoms with van der Waals surface area (Å²) in [7, 11) is 0. The van der Waals surface area contributed by atoms with Gasteiger partial charge in [-0.1, -0.05) is 12.1 Å². The number of alkyl halides is 2. The monoisotopic (exact) mass is 461 g/mol. The van der Waals surface area contributed by atoms with Gasteiger partial charge in [0.05, 0.1) is 27.4 Å². The third kappa shape index (κ3) is 4.02. The average molecular weight is 462 g/mol. The molecule has 4 N–H and O–H groups in total. The summed E-state index contributed by atoms with van der Waals surface area (Å²) < 4.78 is 27.6. The first-order chi connectivity index (χ1) is 15.3. The number of hydrogen-bond donors (Lipinski definition) is 4. The lowest BCUT2D eigenvalue weighted by atomic mass is 10.0. The van der Waals surface area contributed by atoms with Gasteiger partial charge in [0.15, 0.2) is 5.72 Å². The number of aliphatic hydroxyl groups is 2. The third-order valence-electron chi connectivity index (χ3n) is 6.26. The lowest BCUT2D eigenvalue weighted by Crippen LogP contribution is -2.48. The second-order valence-corrected chi connectivity index (χ2v) is 9.73. The molecule has 170 valence electrons. The number of aromatic nitrogens is 3. The molecule has 3 aromatic rings. The highest BCUT2D eigenvalue weighted by Gasteiger charge is 2.50. The predicted octanol–water partition coefficient (Wildman–Crippen LogP) is 4.02. The van der Waals surface area contributed by atoms with Gasteiger partial charge >= 0.3 is 0 Å². The number of para-hydroxylation sites is 1. The van der Waals surface area contributed by atoms with Gasteiger partial charge in [-0.25, -0.2) is 18.7 Å². The van der Waals surface area contributed by atoms with Crippen molar-refractivity contribution in [3.05, 3.63) is 30.0 Å². The van der Waals surface area contributed by atoms with E-state index in [-0.39, 0.29) is 18.7 Å². The van der Waals surface area contributed by atoms with Crippen molar-refractivity contribution >= 4 is 33.3 Å². The number of rotatable bonds is 7. The minimum Gasteiger partial charge on any atom is -0.388 e. The van der Waals surface area contributed by atoms with E-state index in [4.69, 9.17) is 4.98 Å². The van der Waals surface area contributed by atoms with Gasteiger partial charge in [-0.3, -0.25) is 0 Å². The molecule has 2 saturated carbocycles. The molecule has 0 aliphatic heterocycles. The Kier molecular flexibility index (Phi) is 5.47. The van der Waals surface area contributed by atoms with E-state index in [1.54, 1.807) is 0 Å². The molecule has 10 heteroatoms. The Bertz CT molecular complexity index is 1110. The highest BCUT2D eigenvalue weighted by atomic mass is 32.1. The Hall–Kier alpha value is -2.43. The van der Waals surface area contributed by atoms with Crippen LogP contribution in [-0.4, -0.2) is 50.0 Å². The second kappa shape index (κ2) is 8.17. The van der Waals surface area contributed by atoms with E-state index in [0.29, 0.717) is 28.1 Å². The Morgan fingerprint density at radius 2 is 1.97 bits per heavy atom. The van der Waals surface area contributed by atoms with Crippen LogP contribution in [0.1, 0.15) is 31.4 Å². The van der Waals surface area contributed by atoms with Crippen LogP contribution in [0.3, 0.4) is 0 Å². The minimum absolute atomic E-state index is 0.00958. The van der Waals surface area contributed by atoms with Crippen LogP contribution >= 0.6 is 11.3 Å². The van der Waals surface area contributed by atoms with E-state index in [2.05, 4.69) is 20.6 Å². The van der Waals surface area contributed by atoms with Crippen LogP contribution < -0.4 is 10.6 Å². The molecule has 0 radical (unpaired) electrons. The van der Waals surface area contributed by atoms with E-state index in [0.717, 1.165) is 16.8 Å². The SMILES string of the molecule is Cc1nc(NCC2CC2)nc(NC2(O)CCC(C(F)F)C2O)c1-c1nc2ccccc2s1. The maximum atomic E-state index is 13.3. The predicted molar refractivity (Wildman–Crippen MR) is 120 cm³/mol. The van der Waals surface area contributed by atoms with E-state index >= 15 is 0 Å². The molecule has 3 atom stereocenters. The number of fused-ring (bicyclic) bond motifs is 1. The van der Waals surface area contributed by atoms with E-state index in [9.17, 15) is 19.0 Å². The molecule has 2 heterocycles. The van der Waals surface area contributed by atoms with Crippen LogP contribution in [0, 0.1) is 18.8 Å². The highest BCUT2D eigenvalue weighted by molar-refractivity contribution is 7.21. The Balaban J connectivity index is 1.54. The van der Waals surface area contributed by atoms with Crippen molar-refractivity contribution in [2.75, 3.05) is 17.2 Å². The topological polar surface area (TPSA) is 103 Å². The van der Waals surface area contributed by atoms with Crippen LogP contribution in [-0.2, 0) is 0 Å². The number of benzene rings is 1. The number of anilines is 2. The summed E-state index contributed by atoms with van der Waals surface area (Å²) in [6.07, 6.45) is -2.01. The number of nitrogens with one attached hydrogen (secondary N) is 2. The van der Waals surface area contributed by atoms with Gasteiger partial charge < -0.3 is 20.8 Å². The van der Waals surface area contributed by atoms with Gasteiger partial charge in [0.2, 0.25) is 12.4 Å². The number of thiazole rings is 1. The summed E-state index contributed by atoms with van der Waals surface area (Å²) in [4.78, 5) is 13.8. The van der Waals surface area contributed by atoms with Gasteiger partial charge in [0, 0.05) is 6.54 Å². The molecular weight excluding hydrogens is 436 g/mol. The summed E-state index contributed by atoms with van der Waals surface area (Å²) in [5, 5.41) is 28.3. The van der Waals surface area contributed by atoms with Crippen LogP contribution in [0.5, 0.6) is 0 Å². The van der Waals surface area contributed by atoms with Crippen molar-refractivity contribution in [2.45, 2.75) is 50.9 Å². The maximum Gasteiger partial charge on any atom is 0.244 e. The first-order valence-electron chi connectivity index (χ1n) is 10.8. The fraction of sp³-hybridized carbons (Fsp3) is 0.500. The van der Waals surface area contributed by atoms with Gasteiger partial charge in [-0.05, 0) is 50.7 Å². The van der Waals surface area contributed by atoms with Crippen LogP contribution in [0.15, 0.2) is 24.3 Å². The largest absolute Gasteiger partial charge is 0.388 e. The molecule has 0 spiro atoms. The van der Waals surface area contributed by atoms with Crippen LogP contribution in [0.4, 0.5) is 20.5 Å². The molecule has 7 nitrogen and oxygen atoms in total. The average Bonchev–Trinajstić information content (AvgIpc) is 3.41. The van der Waals surface area contributed by atoms with Crippen LogP contribution in [0.25, 0.3) is 20.8 Å². The lowest BCUT2D eigenvalue weighted by Gasteiger charge is -2.31. The third-order valence-corrected chi connectivity index (χ3v) is 7.31. The zero-order chi connectivity index (χ0) is 22.5. The number of aliphatic hydroxyl groups excluding tert-OH is 1. The van der Waals surface area contributed by atoms with E-state index in [1.165, 1.54) is 24.2 Å². The van der Waals surface area contributed by atoms with Crippen LogP contribution in [0.2, 0.25) is 0 Å². The molecule has 2 fully saturated rings. The zero-order valence-corrected chi connectivity index (χ0v) is 18.4. The Morgan fingerprint density at radius 3 is 2.66 bits per heavy atom. The molecule has 0 bridgehead atoms. The molecule has 3 unspecified atom stereocenters. The molecule has 5 rings (SSSR count). The quantitative estimate of drug-likeness (QED) is 0.394. The number of halogens is 2. The Labute approximate surface area is 187 Å². The summed E-state index contributed by atoms with van der Waals surface area (Å²) >= 11 is 1.46. The van der Waals surface area contributed by atoms with Gasteiger partial charge in [-0.15, -0.1) is 11.3 Å². The summed E-state index contributed by atoms with van der Waals surface area (Å²) in [5.41, 5.74) is 0.137. The summed E-state index contributed by atoms with van der Waals surface area (Å²) in [6, 6.07) is 7.71. The van der Waals surface area contributed by atoms with E-state index < -0.39 is 24.2 Å².